The summed E-state index contributed by atoms with van der Waals surface area (Å²) in [7, 11) is -1.67. The Morgan fingerprint density at radius 2 is 1.59 bits per heavy atom. The molecule has 0 radical (unpaired) electrons. The van der Waals surface area contributed by atoms with E-state index in [0.29, 0.717) is 11.8 Å². The fourth-order valence-electron chi connectivity index (χ4n) is 4.70. The van der Waals surface area contributed by atoms with Crippen molar-refractivity contribution in [3.05, 3.63) is 108 Å². The molecule has 0 N–H and O–H groups in total. The Bertz CT molecular complexity index is 1050. The highest BCUT2D eigenvalue weighted by atomic mass is 28.4. The normalized spacial score (nSPS) is 17.1. The Morgan fingerprint density at radius 1 is 0.946 bits per heavy atom. The van der Waals surface area contributed by atoms with Crippen LogP contribution in [-0.2, 0) is 4.43 Å². The molecule has 2 atom stereocenters. The summed E-state index contributed by atoms with van der Waals surface area (Å²) in [6, 6.07) is 22.1. The molecule has 2 heteroatoms. The second-order valence-corrected chi connectivity index (χ2v) is 17.1. The van der Waals surface area contributed by atoms with Crippen LogP contribution in [0.25, 0.3) is 5.57 Å². The lowest BCUT2D eigenvalue weighted by Gasteiger charge is -2.36. The number of benzene rings is 2. The van der Waals surface area contributed by atoms with Gasteiger partial charge >= 0.3 is 0 Å². The largest absolute Gasteiger partial charge is 0.417 e. The van der Waals surface area contributed by atoms with Gasteiger partial charge in [-0.3, -0.25) is 0 Å². The minimum atomic E-state index is -1.67. The van der Waals surface area contributed by atoms with Gasteiger partial charge in [-0.2, -0.15) is 0 Å². The standard InChI is InChI=1S/C35H49OSi/c1-8-28(2)26-33(30-17-11-9-12-18-30)27-34(31-19-13-10-14-20-31)32-23-21-29(22-24-32)16-15-25-36-37(6,7)35(3,4)5/h9-14,17-24,28,33H,8,15-16,25-27H2,1-7H3/q-1. The average molecular weight is 514 g/mol. The monoisotopic (exact) mass is 513 g/mol. The summed E-state index contributed by atoms with van der Waals surface area (Å²) in [6.45, 7) is 17.2. The predicted molar refractivity (Wildman–Crippen MR) is 165 cm³/mol. The minimum absolute atomic E-state index is 0.269. The van der Waals surface area contributed by atoms with Gasteiger partial charge in [0.1, 0.15) is 0 Å². The molecule has 3 rings (SSSR count). The van der Waals surface area contributed by atoms with E-state index in [1.54, 1.807) is 0 Å². The fraction of sp³-hybridized carbons (Fsp3) is 0.457. The molecule has 0 saturated heterocycles. The molecule has 1 nitrogen and oxygen atoms in total. The van der Waals surface area contributed by atoms with Crippen molar-refractivity contribution in [3.63, 3.8) is 0 Å². The van der Waals surface area contributed by atoms with Crippen molar-refractivity contribution in [1.82, 2.24) is 0 Å². The Morgan fingerprint density at radius 3 is 2.16 bits per heavy atom. The molecule has 2 unspecified atom stereocenters. The molecule has 0 aromatic heterocycles. The van der Waals surface area contributed by atoms with E-state index in [-0.39, 0.29) is 5.04 Å². The van der Waals surface area contributed by atoms with Crippen molar-refractivity contribution in [2.24, 2.45) is 5.92 Å². The molecule has 0 amide bonds. The zero-order chi connectivity index (χ0) is 26.9. The van der Waals surface area contributed by atoms with Crippen LogP contribution in [-0.4, -0.2) is 14.9 Å². The highest BCUT2D eigenvalue weighted by molar-refractivity contribution is 6.74. The number of hydrogen-bond donors (Lipinski definition) is 0. The minimum Gasteiger partial charge on any atom is -0.417 e. The van der Waals surface area contributed by atoms with Crippen LogP contribution in [0.1, 0.15) is 83.8 Å². The van der Waals surface area contributed by atoms with E-state index in [1.165, 1.54) is 40.7 Å². The van der Waals surface area contributed by atoms with Crippen LogP contribution in [0.2, 0.25) is 18.1 Å². The summed E-state index contributed by atoms with van der Waals surface area (Å²) >= 11 is 0. The summed E-state index contributed by atoms with van der Waals surface area (Å²) in [5.74, 6) is 1.22. The van der Waals surface area contributed by atoms with E-state index in [1.807, 2.05) is 0 Å². The van der Waals surface area contributed by atoms with Crippen LogP contribution in [0.15, 0.2) is 90.0 Å². The average Bonchev–Trinajstić information content (AvgIpc) is 2.89. The molecule has 0 aliphatic heterocycles. The summed E-state index contributed by atoms with van der Waals surface area (Å²) in [5, 5.41) is 0.269. The van der Waals surface area contributed by atoms with Gasteiger partial charge in [-0.1, -0.05) is 120 Å². The lowest BCUT2D eigenvalue weighted by molar-refractivity contribution is 0.283. The van der Waals surface area contributed by atoms with Crippen LogP contribution in [0.3, 0.4) is 0 Å². The number of hydrogen-bond acceptors (Lipinski definition) is 1. The van der Waals surface area contributed by atoms with E-state index in [0.717, 1.165) is 25.9 Å². The van der Waals surface area contributed by atoms with Crippen molar-refractivity contribution >= 4 is 13.9 Å². The molecule has 1 aliphatic carbocycles. The molecular weight excluding hydrogens is 464 g/mol. The van der Waals surface area contributed by atoms with Gasteiger partial charge in [-0.25, -0.2) is 0 Å². The first-order valence-electron chi connectivity index (χ1n) is 14.3. The fourth-order valence-corrected chi connectivity index (χ4v) is 5.78. The van der Waals surface area contributed by atoms with Crippen molar-refractivity contribution < 1.29 is 4.43 Å². The first kappa shape index (κ1) is 29.3. The van der Waals surface area contributed by atoms with Gasteiger partial charge in [-0.05, 0) is 48.4 Å². The molecule has 37 heavy (non-hydrogen) atoms. The lowest BCUT2D eigenvalue weighted by Crippen LogP contribution is -2.40. The second-order valence-electron chi connectivity index (χ2n) is 12.3. The third kappa shape index (κ3) is 8.62. The molecule has 0 bridgehead atoms. The van der Waals surface area contributed by atoms with E-state index in [9.17, 15) is 0 Å². The predicted octanol–water partition coefficient (Wildman–Crippen LogP) is 10.6. The van der Waals surface area contributed by atoms with Gasteiger partial charge in [-0.15, -0.1) is 41.4 Å². The summed E-state index contributed by atoms with van der Waals surface area (Å²) in [6.07, 6.45) is 15.0. The number of rotatable bonds is 12. The van der Waals surface area contributed by atoms with E-state index in [4.69, 9.17) is 4.43 Å². The van der Waals surface area contributed by atoms with Crippen molar-refractivity contribution in [2.75, 3.05) is 6.61 Å². The molecule has 0 spiro atoms. The zero-order valence-electron chi connectivity index (χ0n) is 24.4. The molecule has 0 fully saturated rings. The van der Waals surface area contributed by atoms with Crippen LogP contribution < -0.4 is 0 Å². The van der Waals surface area contributed by atoms with Gasteiger partial charge in [0.2, 0.25) is 0 Å². The lowest BCUT2D eigenvalue weighted by atomic mass is 9.80. The quantitative estimate of drug-likeness (QED) is 0.156. The third-order valence-corrected chi connectivity index (χ3v) is 12.9. The van der Waals surface area contributed by atoms with Gasteiger partial charge < -0.3 is 4.43 Å². The molecule has 0 saturated carbocycles. The maximum absolute atomic E-state index is 6.40. The van der Waals surface area contributed by atoms with E-state index < -0.39 is 8.32 Å². The molecule has 1 aliphatic rings. The molecule has 2 aromatic carbocycles. The van der Waals surface area contributed by atoms with Gasteiger partial charge in [0.05, 0.1) is 0 Å². The Labute approximate surface area is 228 Å². The Hall–Kier alpha value is -2.29. The highest BCUT2D eigenvalue weighted by Gasteiger charge is 2.36. The topological polar surface area (TPSA) is 9.23 Å². The van der Waals surface area contributed by atoms with Crippen LogP contribution >= 0.6 is 0 Å². The molecular formula is C35H49OSi-. The highest BCUT2D eigenvalue weighted by Crippen LogP contribution is 2.39. The van der Waals surface area contributed by atoms with Crippen molar-refractivity contribution in [3.8, 4) is 0 Å². The van der Waals surface area contributed by atoms with Gasteiger partial charge in [0.15, 0.2) is 8.32 Å². The van der Waals surface area contributed by atoms with E-state index >= 15 is 0 Å². The maximum atomic E-state index is 6.40. The number of allylic oxidation sites excluding steroid dienone is 6. The van der Waals surface area contributed by atoms with Crippen LogP contribution in [0, 0.1) is 12.3 Å². The summed E-state index contributed by atoms with van der Waals surface area (Å²) in [4.78, 5) is 0. The van der Waals surface area contributed by atoms with Crippen LogP contribution in [0.4, 0.5) is 0 Å². The van der Waals surface area contributed by atoms with Gasteiger partial charge in [0.25, 0.3) is 0 Å². The molecule has 2 aromatic rings. The molecule has 200 valence electrons. The second kappa shape index (κ2) is 13.5. The Balaban J connectivity index is 1.75. The third-order valence-electron chi connectivity index (χ3n) is 8.41. The molecule has 0 heterocycles. The zero-order valence-corrected chi connectivity index (χ0v) is 25.4. The summed E-state index contributed by atoms with van der Waals surface area (Å²) in [5.41, 5.74) is 6.98. The van der Waals surface area contributed by atoms with Crippen molar-refractivity contribution in [2.45, 2.75) is 90.8 Å². The van der Waals surface area contributed by atoms with E-state index in [2.05, 4.69) is 133 Å². The van der Waals surface area contributed by atoms with Gasteiger partial charge in [0, 0.05) is 6.61 Å². The van der Waals surface area contributed by atoms with Crippen molar-refractivity contribution in [1.29, 1.82) is 0 Å². The Kier molecular flexibility index (Phi) is 10.7. The maximum Gasteiger partial charge on any atom is 0.191 e. The first-order valence-corrected chi connectivity index (χ1v) is 17.2. The summed E-state index contributed by atoms with van der Waals surface area (Å²) < 4.78 is 6.40. The van der Waals surface area contributed by atoms with Crippen LogP contribution in [0.5, 0.6) is 0 Å². The first-order chi connectivity index (χ1) is 17.6. The SMILES string of the molecule is CCC(C)CC(CC(=C1C=CC(CCCO[Si](C)(C)C(C)(C)C)=C[CH-]1)c1ccccc1)c1ccccc1. The smallest absolute Gasteiger partial charge is 0.191 e.